The standard InChI is InChI=1S/C15H12ClN3O3S/c1-8-5-13(21)19(15(22)18(8)2)9-3-4-12-10(6-9)14(17-23-12)11(20)7-16/h3-6H,7H2,1-2H3. The fraction of sp³-hybridized carbons (Fsp3) is 0.200. The average Bonchev–Trinajstić information content (AvgIpc) is 2.95. The van der Waals surface area contributed by atoms with Gasteiger partial charge in [-0.15, -0.1) is 11.6 Å². The third-order valence-corrected chi connectivity index (χ3v) is 4.73. The first kappa shape index (κ1) is 15.6. The van der Waals surface area contributed by atoms with Crippen molar-refractivity contribution < 1.29 is 4.79 Å². The number of aromatic nitrogens is 3. The summed E-state index contributed by atoms with van der Waals surface area (Å²) in [5.41, 5.74) is 0.374. The lowest BCUT2D eigenvalue weighted by Gasteiger charge is -2.09. The van der Waals surface area contributed by atoms with E-state index >= 15 is 0 Å². The lowest BCUT2D eigenvalue weighted by atomic mass is 10.1. The van der Waals surface area contributed by atoms with Crippen molar-refractivity contribution in [1.29, 1.82) is 0 Å². The number of rotatable bonds is 3. The van der Waals surface area contributed by atoms with Crippen molar-refractivity contribution in [2.24, 2.45) is 7.05 Å². The van der Waals surface area contributed by atoms with Crippen LogP contribution in [-0.4, -0.2) is 25.2 Å². The van der Waals surface area contributed by atoms with E-state index in [4.69, 9.17) is 11.6 Å². The molecule has 2 heterocycles. The highest BCUT2D eigenvalue weighted by atomic mass is 35.5. The fourth-order valence-corrected chi connectivity index (χ4v) is 3.20. The number of carbonyl (C=O) groups is 1. The van der Waals surface area contributed by atoms with Gasteiger partial charge in [0.25, 0.3) is 5.56 Å². The van der Waals surface area contributed by atoms with E-state index in [1.54, 1.807) is 32.2 Å². The van der Waals surface area contributed by atoms with Gasteiger partial charge in [0.2, 0.25) is 0 Å². The molecule has 0 saturated heterocycles. The molecule has 0 unspecified atom stereocenters. The summed E-state index contributed by atoms with van der Waals surface area (Å²) in [5, 5.41) is 0.590. The zero-order chi connectivity index (χ0) is 16.7. The molecule has 6 nitrogen and oxygen atoms in total. The van der Waals surface area contributed by atoms with Crippen LogP contribution in [0, 0.1) is 6.92 Å². The normalized spacial score (nSPS) is 11.1. The molecule has 0 aliphatic carbocycles. The molecule has 0 N–H and O–H groups in total. The molecule has 118 valence electrons. The quantitative estimate of drug-likeness (QED) is 0.534. The van der Waals surface area contributed by atoms with E-state index in [9.17, 15) is 14.4 Å². The summed E-state index contributed by atoms with van der Waals surface area (Å²) in [6, 6.07) is 6.41. The molecule has 2 aromatic heterocycles. The van der Waals surface area contributed by atoms with Gasteiger partial charge in [-0.05, 0) is 36.7 Å². The van der Waals surface area contributed by atoms with E-state index in [0.717, 1.165) is 9.27 Å². The summed E-state index contributed by atoms with van der Waals surface area (Å²) in [6.45, 7) is 1.69. The molecule has 0 bridgehead atoms. The Hall–Kier alpha value is -2.25. The van der Waals surface area contributed by atoms with Crippen molar-refractivity contribution >= 4 is 39.0 Å². The van der Waals surface area contributed by atoms with E-state index in [0.29, 0.717) is 16.8 Å². The van der Waals surface area contributed by atoms with E-state index in [2.05, 4.69) is 4.37 Å². The van der Waals surface area contributed by atoms with Crippen LogP contribution in [0.5, 0.6) is 0 Å². The van der Waals surface area contributed by atoms with Crippen LogP contribution in [-0.2, 0) is 7.05 Å². The molecule has 8 heteroatoms. The number of Topliss-reactive ketones (excluding diaryl/α,β-unsaturated/α-hetero) is 1. The first-order valence-corrected chi connectivity index (χ1v) is 8.03. The number of hydrogen-bond donors (Lipinski definition) is 0. The molecule has 0 aliphatic rings. The maximum Gasteiger partial charge on any atom is 0.335 e. The number of benzene rings is 1. The van der Waals surface area contributed by atoms with Gasteiger partial charge in [0.1, 0.15) is 5.69 Å². The summed E-state index contributed by atoms with van der Waals surface area (Å²) >= 11 is 6.77. The summed E-state index contributed by atoms with van der Waals surface area (Å²) in [4.78, 5) is 36.4. The van der Waals surface area contributed by atoms with Crippen molar-refractivity contribution in [2.75, 3.05) is 5.88 Å². The number of ketones is 1. The number of halogens is 1. The van der Waals surface area contributed by atoms with Crippen LogP contribution < -0.4 is 11.2 Å². The Labute approximate surface area is 139 Å². The van der Waals surface area contributed by atoms with E-state index in [1.165, 1.54) is 22.2 Å². The highest BCUT2D eigenvalue weighted by Gasteiger charge is 2.15. The molecule has 23 heavy (non-hydrogen) atoms. The minimum Gasteiger partial charge on any atom is -0.301 e. The van der Waals surface area contributed by atoms with Crippen LogP contribution in [0.3, 0.4) is 0 Å². The van der Waals surface area contributed by atoms with Crippen molar-refractivity contribution in [2.45, 2.75) is 6.92 Å². The summed E-state index contributed by atoms with van der Waals surface area (Å²) in [6.07, 6.45) is 0. The molecular formula is C15H12ClN3O3S. The molecular weight excluding hydrogens is 338 g/mol. The van der Waals surface area contributed by atoms with Crippen molar-refractivity contribution in [3.05, 3.63) is 56.5 Å². The molecule has 1 aromatic carbocycles. The molecule has 0 aliphatic heterocycles. The lowest BCUT2D eigenvalue weighted by Crippen LogP contribution is -2.38. The minimum absolute atomic E-state index is 0.171. The van der Waals surface area contributed by atoms with E-state index in [-0.39, 0.29) is 17.4 Å². The SMILES string of the molecule is Cc1cc(=O)n(-c2ccc3snc(C(=O)CCl)c3c2)c(=O)n1C. The predicted molar refractivity (Wildman–Crippen MR) is 90.2 cm³/mol. The molecule has 0 atom stereocenters. The van der Waals surface area contributed by atoms with Gasteiger partial charge in [-0.3, -0.25) is 9.59 Å². The average molecular weight is 350 g/mol. The highest BCUT2D eigenvalue weighted by molar-refractivity contribution is 7.13. The Morgan fingerprint density at radius 2 is 2.04 bits per heavy atom. The van der Waals surface area contributed by atoms with Gasteiger partial charge >= 0.3 is 5.69 Å². The van der Waals surface area contributed by atoms with Crippen LogP contribution in [0.4, 0.5) is 0 Å². The van der Waals surface area contributed by atoms with Crippen LogP contribution in [0.1, 0.15) is 16.2 Å². The Morgan fingerprint density at radius 3 is 2.74 bits per heavy atom. The second-order valence-corrected chi connectivity index (χ2v) is 6.14. The topological polar surface area (TPSA) is 74.0 Å². The zero-order valence-electron chi connectivity index (χ0n) is 12.4. The Morgan fingerprint density at radius 1 is 1.30 bits per heavy atom. The smallest absolute Gasteiger partial charge is 0.301 e. The first-order valence-electron chi connectivity index (χ1n) is 6.72. The van der Waals surface area contributed by atoms with E-state index in [1.807, 2.05) is 0 Å². The minimum atomic E-state index is -0.442. The van der Waals surface area contributed by atoms with Crippen molar-refractivity contribution in [3.63, 3.8) is 0 Å². The molecule has 3 rings (SSSR count). The van der Waals surface area contributed by atoms with Crippen LogP contribution in [0.2, 0.25) is 0 Å². The predicted octanol–water partition coefficient (Wildman–Crippen LogP) is 1.88. The monoisotopic (exact) mass is 349 g/mol. The van der Waals surface area contributed by atoms with Gasteiger partial charge in [0, 0.05) is 24.2 Å². The molecule has 0 saturated carbocycles. The molecule has 0 radical (unpaired) electrons. The Balaban J connectivity index is 2.30. The molecule has 3 aromatic rings. The number of fused-ring (bicyclic) bond motifs is 1. The zero-order valence-corrected chi connectivity index (χ0v) is 13.9. The maximum absolute atomic E-state index is 12.4. The largest absolute Gasteiger partial charge is 0.335 e. The molecule has 0 fully saturated rings. The van der Waals surface area contributed by atoms with Gasteiger partial charge in [-0.2, -0.15) is 4.37 Å². The summed E-state index contributed by atoms with van der Waals surface area (Å²) in [5.74, 6) is -0.464. The van der Waals surface area contributed by atoms with Gasteiger partial charge < -0.3 is 4.57 Å². The van der Waals surface area contributed by atoms with Gasteiger partial charge in [-0.25, -0.2) is 9.36 Å². The first-order chi connectivity index (χ1) is 10.9. The molecule has 0 spiro atoms. The van der Waals surface area contributed by atoms with E-state index < -0.39 is 11.2 Å². The van der Waals surface area contributed by atoms with Gasteiger partial charge in [0.05, 0.1) is 16.3 Å². The number of carbonyl (C=O) groups excluding carboxylic acids is 1. The van der Waals surface area contributed by atoms with Crippen LogP contribution in [0.25, 0.3) is 15.8 Å². The van der Waals surface area contributed by atoms with Gasteiger partial charge in [0.15, 0.2) is 5.78 Å². The third-order valence-electron chi connectivity index (χ3n) is 3.66. The maximum atomic E-state index is 12.4. The number of aryl methyl sites for hydroxylation is 1. The van der Waals surface area contributed by atoms with Crippen molar-refractivity contribution in [1.82, 2.24) is 13.5 Å². The molecule has 0 amide bonds. The third kappa shape index (κ3) is 2.51. The Kier molecular flexibility index (Phi) is 3.91. The number of nitrogens with zero attached hydrogens (tertiary/aromatic N) is 3. The Bertz CT molecular complexity index is 1050. The summed E-state index contributed by atoms with van der Waals surface area (Å²) < 4.78 is 7.36. The highest BCUT2D eigenvalue weighted by Crippen LogP contribution is 2.25. The lowest BCUT2D eigenvalue weighted by molar-refractivity contribution is 0.101. The second kappa shape index (κ2) is 5.75. The number of hydrogen-bond acceptors (Lipinski definition) is 5. The van der Waals surface area contributed by atoms with Crippen LogP contribution >= 0.6 is 23.1 Å². The fourth-order valence-electron chi connectivity index (χ4n) is 2.30. The number of alkyl halides is 1. The van der Waals surface area contributed by atoms with Crippen molar-refractivity contribution in [3.8, 4) is 5.69 Å². The van der Waals surface area contributed by atoms with Crippen LogP contribution in [0.15, 0.2) is 33.9 Å². The van der Waals surface area contributed by atoms with Gasteiger partial charge in [-0.1, -0.05) is 0 Å². The summed E-state index contributed by atoms with van der Waals surface area (Å²) in [7, 11) is 1.60. The second-order valence-electron chi connectivity index (χ2n) is 5.07.